The van der Waals surface area contributed by atoms with Crippen molar-refractivity contribution < 1.29 is 8.96 Å². The van der Waals surface area contributed by atoms with E-state index in [0.29, 0.717) is 23.3 Å². The van der Waals surface area contributed by atoms with Gasteiger partial charge in [0, 0.05) is 23.3 Å². The maximum absolute atomic E-state index is 13.2. The molecule has 2 atom stereocenters. The molecule has 1 saturated carbocycles. The Balaban J connectivity index is 1.94. The van der Waals surface area contributed by atoms with Gasteiger partial charge in [-0.15, -0.1) is 0 Å². The Hall–Kier alpha value is -0.370. The first kappa shape index (κ1) is 16.0. The molecule has 0 amide bonds. The van der Waals surface area contributed by atoms with Crippen molar-refractivity contribution in [2.45, 2.75) is 43.9 Å². The van der Waals surface area contributed by atoms with E-state index in [2.05, 4.69) is 5.32 Å². The molecule has 1 aromatic carbocycles. The quantitative estimate of drug-likeness (QED) is 0.828. The molecule has 0 heterocycles. The van der Waals surface area contributed by atoms with Crippen LogP contribution < -0.4 is 5.32 Å². The van der Waals surface area contributed by atoms with Crippen LogP contribution in [0.5, 0.6) is 0 Å². The minimum Gasteiger partial charge on any atom is -0.324 e. The summed E-state index contributed by atoms with van der Waals surface area (Å²) >= 11 is 6.06. The van der Waals surface area contributed by atoms with Gasteiger partial charge in [-0.3, -0.25) is 0 Å². The van der Waals surface area contributed by atoms with Crippen LogP contribution in [0.2, 0.25) is 5.02 Å². The fourth-order valence-electron chi connectivity index (χ4n) is 2.85. The molecule has 20 heavy (non-hydrogen) atoms. The number of hydrogen-bond donors (Lipinski definition) is 1. The summed E-state index contributed by atoms with van der Waals surface area (Å²) in [6.07, 6.45) is 4.19. The third-order valence-corrected chi connectivity index (χ3v) is 6.71. The minimum atomic E-state index is -2.02. The minimum absolute atomic E-state index is 0.265. The van der Waals surface area contributed by atoms with Crippen molar-refractivity contribution in [1.29, 1.82) is 0 Å². The highest BCUT2D eigenvalue weighted by molar-refractivity contribution is 7.63. The Kier molecular flexibility index (Phi) is 5.28. The zero-order valence-corrected chi connectivity index (χ0v) is 13.7. The fourth-order valence-corrected chi connectivity index (χ4v) is 4.60. The average molecular weight is 318 g/mol. The first-order valence-electron chi connectivity index (χ1n) is 7.08. The Bertz CT molecular complexity index is 517. The van der Waals surface area contributed by atoms with Crippen molar-refractivity contribution in [3.05, 3.63) is 34.6 Å². The van der Waals surface area contributed by atoms with E-state index in [0.717, 1.165) is 31.2 Å². The maximum Gasteiger partial charge on any atom is 0.123 e. The molecule has 5 heteroatoms. The molecule has 0 bridgehead atoms. The van der Waals surface area contributed by atoms with Gasteiger partial charge in [-0.05, 0) is 56.4 Å². The van der Waals surface area contributed by atoms with Crippen molar-refractivity contribution in [2.24, 2.45) is 0 Å². The van der Waals surface area contributed by atoms with Gasteiger partial charge in [0.2, 0.25) is 0 Å². The Labute approximate surface area is 125 Å². The predicted molar refractivity (Wildman–Crippen MR) is 83.7 cm³/mol. The van der Waals surface area contributed by atoms with Crippen LogP contribution in [0.1, 0.15) is 31.2 Å². The molecule has 2 unspecified atom stereocenters. The Morgan fingerprint density at radius 1 is 1.40 bits per heavy atom. The van der Waals surface area contributed by atoms with E-state index < -0.39 is 7.14 Å². The third-order valence-electron chi connectivity index (χ3n) is 4.11. The van der Waals surface area contributed by atoms with Crippen LogP contribution in [0, 0.1) is 5.82 Å². The summed E-state index contributed by atoms with van der Waals surface area (Å²) in [4.78, 5) is 0. The van der Waals surface area contributed by atoms with Crippen molar-refractivity contribution in [1.82, 2.24) is 5.32 Å². The Morgan fingerprint density at radius 2 is 2.15 bits per heavy atom. The topological polar surface area (TPSA) is 29.1 Å². The summed E-state index contributed by atoms with van der Waals surface area (Å²) in [6, 6.07) is 4.78. The summed E-state index contributed by atoms with van der Waals surface area (Å²) < 4.78 is 25.4. The van der Waals surface area contributed by atoms with Crippen molar-refractivity contribution in [3.8, 4) is 0 Å². The number of halogens is 2. The highest BCUT2D eigenvalue weighted by Crippen LogP contribution is 2.48. The molecule has 1 aliphatic carbocycles. The molecule has 0 spiro atoms. The molecule has 1 aliphatic rings. The smallest absolute Gasteiger partial charge is 0.123 e. The van der Waals surface area contributed by atoms with Crippen LogP contribution in [0.4, 0.5) is 4.39 Å². The molecular formula is C15H22ClFNOP. The SMILES string of the molecule is CP(C)(=O)C1CCCC(NCc2cc(F)ccc2Cl)C1. The number of benzene rings is 1. The van der Waals surface area contributed by atoms with Crippen molar-refractivity contribution >= 4 is 18.7 Å². The lowest BCUT2D eigenvalue weighted by molar-refractivity contribution is 0.371. The van der Waals surface area contributed by atoms with Gasteiger partial charge < -0.3 is 9.88 Å². The van der Waals surface area contributed by atoms with Gasteiger partial charge in [0.25, 0.3) is 0 Å². The van der Waals surface area contributed by atoms with Crippen LogP contribution in [0.25, 0.3) is 0 Å². The molecule has 2 rings (SSSR count). The van der Waals surface area contributed by atoms with Crippen molar-refractivity contribution in [2.75, 3.05) is 13.3 Å². The van der Waals surface area contributed by atoms with E-state index >= 15 is 0 Å². The van der Waals surface area contributed by atoms with Crippen molar-refractivity contribution in [3.63, 3.8) is 0 Å². The molecule has 0 aromatic heterocycles. The van der Waals surface area contributed by atoms with E-state index in [1.807, 2.05) is 13.3 Å². The largest absolute Gasteiger partial charge is 0.324 e. The molecule has 1 aromatic rings. The highest BCUT2D eigenvalue weighted by atomic mass is 35.5. The molecule has 1 N–H and O–H groups in total. The van der Waals surface area contributed by atoms with Crippen LogP contribution in [0.15, 0.2) is 18.2 Å². The fraction of sp³-hybridized carbons (Fsp3) is 0.600. The lowest BCUT2D eigenvalue weighted by atomic mass is 9.94. The molecular weight excluding hydrogens is 296 g/mol. The first-order chi connectivity index (χ1) is 9.36. The molecule has 0 radical (unpaired) electrons. The van der Waals surface area contributed by atoms with E-state index in [4.69, 9.17) is 11.6 Å². The van der Waals surface area contributed by atoms with Gasteiger partial charge in [-0.25, -0.2) is 4.39 Å². The second-order valence-electron chi connectivity index (χ2n) is 6.07. The highest BCUT2D eigenvalue weighted by Gasteiger charge is 2.29. The van der Waals surface area contributed by atoms with Gasteiger partial charge in [0.1, 0.15) is 5.82 Å². The van der Waals surface area contributed by atoms with Crippen LogP contribution >= 0.6 is 18.7 Å². The predicted octanol–water partition coefficient (Wildman–Crippen LogP) is 4.50. The molecule has 112 valence electrons. The van der Waals surface area contributed by atoms with E-state index in [-0.39, 0.29) is 5.82 Å². The van der Waals surface area contributed by atoms with Gasteiger partial charge in [0.15, 0.2) is 0 Å². The standard InChI is InChI=1S/C15H22ClFNOP/c1-20(2,19)14-5-3-4-13(9-14)18-10-11-8-12(17)6-7-15(11)16/h6-8,13-14,18H,3-5,9-10H2,1-2H3. The van der Waals surface area contributed by atoms with Crippen LogP contribution in [-0.4, -0.2) is 25.0 Å². The van der Waals surface area contributed by atoms with Crippen LogP contribution in [0.3, 0.4) is 0 Å². The lowest BCUT2D eigenvalue weighted by Gasteiger charge is -2.32. The van der Waals surface area contributed by atoms with Gasteiger partial charge >= 0.3 is 0 Å². The zero-order valence-electron chi connectivity index (χ0n) is 12.0. The zero-order chi connectivity index (χ0) is 14.8. The maximum atomic E-state index is 13.2. The molecule has 0 saturated heterocycles. The second kappa shape index (κ2) is 6.60. The first-order valence-corrected chi connectivity index (χ1v) is 10.1. The Morgan fingerprint density at radius 3 is 2.85 bits per heavy atom. The molecule has 0 aliphatic heterocycles. The third kappa shape index (κ3) is 4.31. The average Bonchev–Trinajstić information content (AvgIpc) is 2.39. The molecule has 1 fully saturated rings. The summed E-state index contributed by atoms with van der Waals surface area (Å²) in [5.74, 6) is -0.265. The summed E-state index contributed by atoms with van der Waals surface area (Å²) in [7, 11) is -2.02. The normalized spacial score (nSPS) is 23.8. The monoisotopic (exact) mass is 317 g/mol. The summed E-state index contributed by atoms with van der Waals surface area (Å²) in [5, 5.41) is 4.02. The number of nitrogens with one attached hydrogen (secondary N) is 1. The van der Waals surface area contributed by atoms with Gasteiger partial charge in [-0.2, -0.15) is 0 Å². The lowest BCUT2D eigenvalue weighted by Crippen LogP contribution is -2.35. The summed E-state index contributed by atoms with van der Waals surface area (Å²) in [6.45, 7) is 4.32. The van der Waals surface area contributed by atoms with E-state index in [9.17, 15) is 8.96 Å². The summed E-state index contributed by atoms with van der Waals surface area (Å²) in [5.41, 5.74) is 1.10. The van der Waals surface area contributed by atoms with Crippen LogP contribution in [-0.2, 0) is 11.1 Å². The number of rotatable bonds is 4. The van der Waals surface area contributed by atoms with Gasteiger partial charge in [0.05, 0.1) is 7.14 Å². The van der Waals surface area contributed by atoms with E-state index in [1.165, 1.54) is 12.1 Å². The van der Waals surface area contributed by atoms with Gasteiger partial charge in [-0.1, -0.05) is 18.0 Å². The number of hydrogen-bond acceptors (Lipinski definition) is 2. The van der Waals surface area contributed by atoms with E-state index in [1.54, 1.807) is 6.07 Å². The second-order valence-corrected chi connectivity index (χ2v) is 10.1. The molecule has 2 nitrogen and oxygen atoms in total.